The van der Waals surface area contributed by atoms with Crippen LogP contribution < -0.4 is 11.1 Å². The van der Waals surface area contributed by atoms with Crippen LogP contribution in [0.15, 0.2) is 36.4 Å². The third kappa shape index (κ3) is 2.74. The quantitative estimate of drug-likeness (QED) is 0.492. The number of benzene rings is 2. The molecular weight excluding hydrogens is 251 g/mol. The zero-order valence-corrected chi connectivity index (χ0v) is 9.72. The van der Waals surface area contributed by atoms with Crippen LogP contribution in [0.3, 0.4) is 0 Å². The predicted octanol–water partition coefficient (Wildman–Crippen LogP) is 2.07. The van der Waals surface area contributed by atoms with Crippen molar-refractivity contribution in [1.82, 2.24) is 0 Å². The Bertz CT molecular complexity index is 644. The average Bonchev–Trinajstić information content (AvgIpc) is 2.32. The molecule has 0 atom stereocenters. The smallest absolute Gasteiger partial charge is 0.259 e. The summed E-state index contributed by atoms with van der Waals surface area (Å²) in [7, 11) is 0. The van der Waals surface area contributed by atoms with Crippen molar-refractivity contribution in [2.75, 3.05) is 11.1 Å². The van der Waals surface area contributed by atoms with E-state index in [2.05, 4.69) is 5.32 Å². The van der Waals surface area contributed by atoms with E-state index < -0.39 is 17.5 Å². The standard InChI is InChI=1S/C13H11FN2O3/c14-7-1-3-9(12(18)5-7)13(19)16-11-4-2-8(17)6-10(11)15/h1-6,17-18H,15H2,(H,16,19). The van der Waals surface area contributed by atoms with Gasteiger partial charge in [0.1, 0.15) is 17.3 Å². The fourth-order valence-corrected chi connectivity index (χ4v) is 1.55. The molecule has 2 aromatic carbocycles. The number of nitrogens with one attached hydrogen (secondary N) is 1. The van der Waals surface area contributed by atoms with Crippen molar-refractivity contribution < 1.29 is 19.4 Å². The lowest BCUT2D eigenvalue weighted by molar-refractivity contribution is 0.102. The molecule has 0 spiro atoms. The van der Waals surface area contributed by atoms with E-state index in [1.807, 2.05) is 0 Å². The maximum atomic E-state index is 12.8. The number of rotatable bonds is 2. The van der Waals surface area contributed by atoms with E-state index in [4.69, 9.17) is 5.73 Å². The molecule has 2 rings (SSSR count). The highest BCUT2D eigenvalue weighted by Crippen LogP contribution is 2.25. The predicted molar refractivity (Wildman–Crippen MR) is 68.5 cm³/mol. The highest BCUT2D eigenvalue weighted by Gasteiger charge is 2.13. The monoisotopic (exact) mass is 262 g/mol. The Hall–Kier alpha value is -2.76. The first-order valence-electron chi connectivity index (χ1n) is 5.36. The molecule has 0 heterocycles. The van der Waals surface area contributed by atoms with E-state index in [1.165, 1.54) is 18.2 Å². The van der Waals surface area contributed by atoms with E-state index in [0.717, 1.165) is 18.2 Å². The first-order chi connectivity index (χ1) is 8.97. The minimum Gasteiger partial charge on any atom is -0.508 e. The number of halogens is 1. The van der Waals surface area contributed by atoms with Gasteiger partial charge in [-0.05, 0) is 24.3 Å². The molecule has 1 amide bonds. The molecule has 0 aliphatic rings. The van der Waals surface area contributed by atoms with Gasteiger partial charge >= 0.3 is 0 Å². The lowest BCUT2D eigenvalue weighted by Gasteiger charge is -2.09. The number of nitrogen functional groups attached to an aromatic ring is 1. The number of carbonyl (C=O) groups excluding carboxylic acids is 1. The molecule has 6 heteroatoms. The van der Waals surface area contributed by atoms with Gasteiger partial charge in [0.25, 0.3) is 5.91 Å². The molecule has 98 valence electrons. The molecule has 5 N–H and O–H groups in total. The van der Waals surface area contributed by atoms with Crippen LogP contribution in [0.25, 0.3) is 0 Å². The summed E-state index contributed by atoms with van der Waals surface area (Å²) in [6.45, 7) is 0. The Labute approximate surface area is 108 Å². The highest BCUT2D eigenvalue weighted by atomic mass is 19.1. The lowest BCUT2D eigenvalue weighted by atomic mass is 10.1. The number of phenolic OH excluding ortho intramolecular Hbond substituents is 2. The third-order valence-corrected chi connectivity index (χ3v) is 2.49. The van der Waals surface area contributed by atoms with Crippen molar-refractivity contribution in [1.29, 1.82) is 0 Å². The molecule has 0 saturated carbocycles. The molecule has 0 aliphatic heterocycles. The van der Waals surface area contributed by atoms with Gasteiger partial charge in [-0.25, -0.2) is 4.39 Å². The van der Waals surface area contributed by atoms with Gasteiger partial charge in [-0.3, -0.25) is 4.79 Å². The van der Waals surface area contributed by atoms with Crippen molar-refractivity contribution in [3.8, 4) is 11.5 Å². The summed E-state index contributed by atoms with van der Waals surface area (Å²) in [6, 6.07) is 7.13. The molecule has 2 aromatic rings. The van der Waals surface area contributed by atoms with Gasteiger partial charge in [0.2, 0.25) is 0 Å². The van der Waals surface area contributed by atoms with Gasteiger partial charge in [-0.15, -0.1) is 0 Å². The first kappa shape index (κ1) is 12.7. The van der Waals surface area contributed by atoms with Crippen molar-refractivity contribution in [3.63, 3.8) is 0 Å². The minimum atomic E-state index is -0.641. The molecule has 0 bridgehead atoms. The topological polar surface area (TPSA) is 95.6 Å². The Balaban J connectivity index is 2.25. The summed E-state index contributed by atoms with van der Waals surface area (Å²) in [6.07, 6.45) is 0. The summed E-state index contributed by atoms with van der Waals surface area (Å²) in [4.78, 5) is 11.9. The normalized spacial score (nSPS) is 10.2. The molecule has 0 aromatic heterocycles. The van der Waals surface area contributed by atoms with E-state index >= 15 is 0 Å². The third-order valence-electron chi connectivity index (χ3n) is 2.49. The van der Waals surface area contributed by atoms with Crippen LogP contribution in [0.5, 0.6) is 11.5 Å². The van der Waals surface area contributed by atoms with E-state index in [0.29, 0.717) is 0 Å². The number of aromatic hydroxyl groups is 2. The largest absolute Gasteiger partial charge is 0.508 e. The van der Waals surface area contributed by atoms with Crippen LogP contribution in [-0.4, -0.2) is 16.1 Å². The van der Waals surface area contributed by atoms with Gasteiger partial charge in [0, 0.05) is 12.1 Å². The number of hydrogen-bond acceptors (Lipinski definition) is 4. The number of amides is 1. The van der Waals surface area contributed by atoms with Gasteiger partial charge in [0.15, 0.2) is 0 Å². The van der Waals surface area contributed by atoms with Crippen molar-refractivity contribution in [2.24, 2.45) is 0 Å². The van der Waals surface area contributed by atoms with Crippen molar-refractivity contribution >= 4 is 17.3 Å². The lowest BCUT2D eigenvalue weighted by Crippen LogP contribution is -2.13. The van der Waals surface area contributed by atoms with Gasteiger partial charge in [0.05, 0.1) is 16.9 Å². The number of nitrogens with two attached hydrogens (primary N) is 1. The van der Waals surface area contributed by atoms with Crippen LogP contribution in [0.4, 0.5) is 15.8 Å². The van der Waals surface area contributed by atoms with Crippen molar-refractivity contribution in [2.45, 2.75) is 0 Å². The molecule has 0 aliphatic carbocycles. The number of anilines is 2. The number of phenols is 2. The Kier molecular flexibility index (Phi) is 3.24. The fraction of sp³-hybridized carbons (Fsp3) is 0. The second kappa shape index (κ2) is 4.85. The van der Waals surface area contributed by atoms with E-state index in [-0.39, 0.29) is 22.7 Å². The molecule has 19 heavy (non-hydrogen) atoms. The minimum absolute atomic E-state index is 0.0277. The van der Waals surface area contributed by atoms with Crippen LogP contribution >= 0.6 is 0 Å². The second-order valence-corrected chi connectivity index (χ2v) is 3.89. The maximum absolute atomic E-state index is 12.8. The summed E-state index contributed by atoms with van der Waals surface area (Å²) < 4.78 is 12.8. The molecule has 0 unspecified atom stereocenters. The zero-order chi connectivity index (χ0) is 14.0. The van der Waals surface area contributed by atoms with Gasteiger partial charge < -0.3 is 21.3 Å². The molecule has 0 fully saturated rings. The summed E-state index contributed by atoms with van der Waals surface area (Å²) in [5.74, 6) is -1.76. The summed E-state index contributed by atoms with van der Waals surface area (Å²) >= 11 is 0. The SMILES string of the molecule is Nc1cc(O)ccc1NC(=O)c1ccc(F)cc1O. The van der Waals surface area contributed by atoms with E-state index in [1.54, 1.807) is 0 Å². The first-order valence-corrected chi connectivity index (χ1v) is 5.36. The van der Waals surface area contributed by atoms with E-state index in [9.17, 15) is 19.4 Å². The van der Waals surface area contributed by atoms with Crippen molar-refractivity contribution in [3.05, 3.63) is 47.8 Å². The summed E-state index contributed by atoms with van der Waals surface area (Å²) in [5, 5.41) is 21.1. The van der Waals surface area contributed by atoms with Crippen LogP contribution in [0.2, 0.25) is 0 Å². The highest BCUT2D eigenvalue weighted by molar-refractivity contribution is 6.07. The van der Waals surface area contributed by atoms with Gasteiger partial charge in [-0.1, -0.05) is 0 Å². The van der Waals surface area contributed by atoms with Crippen LogP contribution in [0, 0.1) is 5.82 Å². The molecule has 0 radical (unpaired) electrons. The molecular formula is C13H11FN2O3. The number of carbonyl (C=O) groups is 1. The Morgan fingerprint density at radius 3 is 2.53 bits per heavy atom. The Morgan fingerprint density at radius 1 is 1.16 bits per heavy atom. The molecule has 0 saturated heterocycles. The zero-order valence-electron chi connectivity index (χ0n) is 9.72. The van der Waals surface area contributed by atoms with Crippen LogP contribution in [0.1, 0.15) is 10.4 Å². The van der Waals surface area contributed by atoms with Crippen LogP contribution in [-0.2, 0) is 0 Å². The summed E-state index contributed by atoms with van der Waals surface area (Å²) in [5.41, 5.74) is 6.00. The molecule has 5 nitrogen and oxygen atoms in total. The average molecular weight is 262 g/mol. The second-order valence-electron chi connectivity index (χ2n) is 3.89. The van der Waals surface area contributed by atoms with Gasteiger partial charge in [-0.2, -0.15) is 0 Å². The number of hydrogen-bond donors (Lipinski definition) is 4. The maximum Gasteiger partial charge on any atom is 0.259 e. The fourth-order valence-electron chi connectivity index (χ4n) is 1.55. The Morgan fingerprint density at radius 2 is 1.89 bits per heavy atom.